The summed E-state index contributed by atoms with van der Waals surface area (Å²) in [6, 6.07) is 10.2. The van der Waals surface area contributed by atoms with Gasteiger partial charge in [-0.2, -0.15) is 9.57 Å². The van der Waals surface area contributed by atoms with Crippen LogP contribution in [0.25, 0.3) is 0 Å². The number of rotatable bonds is 6. The molecule has 1 heterocycles. The van der Waals surface area contributed by atoms with Crippen molar-refractivity contribution in [3.63, 3.8) is 0 Å². The second-order valence-electron chi connectivity index (χ2n) is 6.59. The Labute approximate surface area is 194 Å². The second kappa shape index (κ2) is 10.3. The number of nitriles is 1. The lowest BCUT2D eigenvalue weighted by molar-refractivity contribution is -0.119. The molecule has 32 heavy (non-hydrogen) atoms. The molecule has 0 aromatic heterocycles. The molecule has 0 unspecified atom stereocenters. The van der Waals surface area contributed by atoms with Crippen LogP contribution in [-0.2, 0) is 24.3 Å². The quantitative estimate of drug-likeness (QED) is 0.607. The van der Waals surface area contributed by atoms with Gasteiger partial charge in [-0.25, -0.2) is 13.2 Å². The van der Waals surface area contributed by atoms with E-state index in [9.17, 15) is 18.0 Å². The van der Waals surface area contributed by atoms with Crippen LogP contribution in [0, 0.1) is 11.3 Å². The minimum Gasteiger partial charge on any atom is -0.452 e. The summed E-state index contributed by atoms with van der Waals surface area (Å²) in [5.74, 6) is -1.62. The van der Waals surface area contributed by atoms with Gasteiger partial charge in [0.25, 0.3) is 5.91 Å². The van der Waals surface area contributed by atoms with E-state index in [4.69, 9.17) is 37.9 Å². The molecule has 0 atom stereocenters. The van der Waals surface area contributed by atoms with E-state index in [-0.39, 0.29) is 46.8 Å². The molecule has 12 heteroatoms. The predicted molar refractivity (Wildman–Crippen MR) is 116 cm³/mol. The number of amides is 1. The Bertz CT molecular complexity index is 1170. The summed E-state index contributed by atoms with van der Waals surface area (Å²) in [4.78, 5) is 24.2. The van der Waals surface area contributed by atoms with Crippen LogP contribution < -0.4 is 5.32 Å². The van der Waals surface area contributed by atoms with E-state index in [1.807, 2.05) is 6.07 Å². The average molecular weight is 498 g/mol. The van der Waals surface area contributed by atoms with E-state index < -0.39 is 28.5 Å². The smallest absolute Gasteiger partial charge is 0.340 e. The summed E-state index contributed by atoms with van der Waals surface area (Å²) < 4.78 is 37.2. The highest BCUT2D eigenvalue weighted by atomic mass is 35.5. The van der Waals surface area contributed by atoms with E-state index in [1.54, 1.807) is 0 Å². The molecule has 0 aliphatic carbocycles. The van der Waals surface area contributed by atoms with Crippen molar-refractivity contribution in [2.24, 2.45) is 0 Å². The van der Waals surface area contributed by atoms with Gasteiger partial charge in [-0.05, 0) is 36.4 Å². The monoisotopic (exact) mass is 497 g/mol. The molecule has 168 valence electrons. The molecule has 0 spiro atoms. The number of sulfonamides is 1. The molecule has 1 saturated heterocycles. The number of hydrogen-bond acceptors (Lipinski definition) is 7. The van der Waals surface area contributed by atoms with Crippen molar-refractivity contribution in [3.8, 4) is 6.07 Å². The van der Waals surface area contributed by atoms with Gasteiger partial charge in [0.15, 0.2) is 6.61 Å². The van der Waals surface area contributed by atoms with Crippen LogP contribution in [0.5, 0.6) is 0 Å². The standard InChI is InChI=1S/C20H17Cl2N3O6S/c21-16-10-17(22)18(32(28,29)25-5-7-30-8-6-25)9-15(16)20(27)31-12-19(26)24-14-3-1-13(11-23)2-4-14/h1-4,9-10H,5-8,12H2,(H,24,26). The van der Waals surface area contributed by atoms with E-state index >= 15 is 0 Å². The second-order valence-corrected chi connectivity index (χ2v) is 9.31. The number of ether oxygens (including phenoxy) is 2. The number of hydrogen-bond donors (Lipinski definition) is 1. The molecule has 0 saturated carbocycles. The SMILES string of the molecule is N#Cc1ccc(NC(=O)COC(=O)c2cc(S(=O)(=O)N3CCOCC3)c(Cl)cc2Cl)cc1. The van der Waals surface area contributed by atoms with Gasteiger partial charge in [-0.15, -0.1) is 0 Å². The summed E-state index contributed by atoms with van der Waals surface area (Å²) in [7, 11) is -3.99. The predicted octanol–water partition coefficient (Wildman–Crippen LogP) is 2.68. The molecule has 2 aromatic rings. The molecule has 3 rings (SSSR count). The zero-order chi connectivity index (χ0) is 23.3. The molecular weight excluding hydrogens is 481 g/mol. The first-order valence-electron chi connectivity index (χ1n) is 9.26. The van der Waals surface area contributed by atoms with Crippen LogP contribution in [0.3, 0.4) is 0 Å². The summed E-state index contributed by atoms with van der Waals surface area (Å²) in [6.07, 6.45) is 0. The molecule has 2 aromatic carbocycles. The van der Waals surface area contributed by atoms with Crippen molar-refractivity contribution < 1.29 is 27.5 Å². The highest BCUT2D eigenvalue weighted by Gasteiger charge is 2.30. The maximum absolute atomic E-state index is 12.9. The van der Waals surface area contributed by atoms with Crippen LogP contribution in [0.2, 0.25) is 10.0 Å². The zero-order valence-corrected chi connectivity index (χ0v) is 18.8. The average Bonchev–Trinajstić information content (AvgIpc) is 2.78. The third kappa shape index (κ3) is 5.56. The largest absolute Gasteiger partial charge is 0.452 e. The molecule has 1 aliphatic rings. The van der Waals surface area contributed by atoms with Crippen molar-refractivity contribution in [1.82, 2.24) is 4.31 Å². The fraction of sp³-hybridized carbons (Fsp3) is 0.250. The molecule has 1 N–H and O–H groups in total. The number of anilines is 1. The van der Waals surface area contributed by atoms with Crippen LogP contribution in [0.1, 0.15) is 15.9 Å². The van der Waals surface area contributed by atoms with Crippen molar-refractivity contribution in [2.75, 3.05) is 38.2 Å². The summed E-state index contributed by atoms with van der Waals surface area (Å²) in [6.45, 7) is 0.151. The number of benzene rings is 2. The van der Waals surface area contributed by atoms with Gasteiger partial charge in [-0.1, -0.05) is 23.2 Å². The molecule has 0 bridgehead atoms. The highest BCUT2D eigenvalue weighted by molar-refractivity contribution is 7.89. The van der Waals surface area contributed by atoms with Crippen LogP contribution in [-0.4, -0.2) is 57.5 Å². The van der Waals surface area contributed by atoms with Gasteiger partial charge in [0.1, 0.15) is 4.90 Å². The van der Waals surface area contributed by atoms with E-state index in [1.165, 1.54) is 28.6 Å². The number of esters is 1. The van der Waals surface area contributed by atoms with Crippen molar-refractivity contribution in [3.05, 3.63) is 57.6 Å². The topological polar surface area (TPSA) is 126 Å². The normalized spacial score (nSPS) is 14.4. The van der Waals surface area contributed by atoms with Gasteiger partial charge < -0.3 is 14.8 Å². The number of halogens is 2. The number of carbonyl (C=O) groups excluding carboxylic acids is 2. The minimum atomic E-state index is -3.99. The Morgan fingerprint density at radius 2 is 1.78 bits per heavy atom. The Morgan fingerprint density at radius 1 is 1.12 bits per heavy atom. The maximum Gasteiger partial charge on any atom is 0.340 e. The van der Waals surface area contributed by atoms with Gasteiger partial charge in [0.2, 0.25) is 10.0 Å². The molecule has 1 amide bonds. The van der Waals surface area contributed by atoms with Gasteiger partial charge in [-0.3, -0.25) is 4.79 Å². The number of carbonyl (C=O) groups is 2. The van der Waals surface area contributed by atoms with Crippen LogP contribution >= 0.6 is 23.2 Å². The highest BCUT2D eigenvalue weighted by Crippen LogP contribution is 2.31. The third-order valence-corrected chi connectivity index (χ3v) is 7.14. The van der Waals surface area contributed by atoms with Gasteiger partial charge >= 0.3 is 5.97 Å². The first kappa shape index (κ1) is 24.0. The van der Waals surface area contributed by atoms with E-state index in [0.717, 1.165) is 12.1 Å². The van der Waals surface area contributed by atoms with E-state index in [2.05, 4.69) is 5.32 Å². The fourth-order valence-corrected chi connectivity index (χ4v) is 5.08. The molecule has 1 fully saturated rings. The molecular formula is C20H17Cl2N3O6S. The number of nitrogens with zero attached hydrogens (tertiary/aromatic N) is 2. The fourth-order valence-electron chi connectivity index (χ4n) is 2.84. The Hall–Kier alpha value is -2.68. The van der Waals surface area contributed by atoms with Crippen LogP contribution in [0.15, 0.2) is 41.3 Å². The summed E-state index contributed by atoms with van der Waals surface area (Å²) in [5, 5.41) is 11.0. The van der Waals surface area contributed by atoms with Gasteiger partial charge in [0.05, 0.1) is 40.5 Å². The van der Waals surface area contributed by atoms with Crippen molar-refractivity contribution in [1.29, 1.82) is 5.26 Å². The number of nitrogens with one attached hydrogen (secondary N) is 1. The molecule has 9 nitrogen and oxygen atoms in total. The van der Waals surface area contributed by atoms with Crippen molar-refractivity contribution in [2.45, 2.75) is 4.90 Å². The number of morpholine rings is 1. The Kier molecular flexibility index (Phi) is 7.71. The van der Waals surface area contributed by atoms with Crippen molar-refractivity contribution >= 4 is 50.8 Å². The summed E-state index contributed by atoms with van der Waals surface area (Å²) in [5.41, 5.74) is 0.595. The third-order valence-electron chi connectivity index (χ3n) is 4.46. The Balaban J connectivity index is 1.71. The molecule has 1 aliphatic heterocycles. The lowest BCUT2D eigenvalue weighted by atomic mass is 10.2. The molecule has 0 radical (unpaired) electrons. The maximum atomic E-state index is 12.9. The van der Waals surface area contributed by atoms with Gasteiger partial charge in [0, 0.05) is 18.8 Å². The zero-order valence-electron chi connectivity index (χ0n) is 16.5. The minimum absolute atomic E-state index is 0.117. The first-order valence-corrected chi connectivity index (χ1v) is 11.5. The lowest BCUT2D eigenvalue weighted by Crippen LogP contribution is -2.40. The summed E-state index contributed by atoms with van der Waals surface area (Å²) >= 11 is 12.2. The Morgan fingerprint density at radius 3 is 2.41 bits per heavy atom. The first-order chi connectivity index (χ1) is 15.2. The lowest BCUT2D eigenvalue weighted by Gasteiger charge is -2.26. The van der Waals surface area contributed by atoms with Crippen LogP contribution in [0.4, 0.5) is 5.69 Å². The van der Waals surface area contributed by atoms with E-state index in [0.29, 0.717) is 11.3 Å².